The molecule has 0 aliphatic carbocycles. The summed E-state index contributed by atoms with van der Waals surface area (Å²) in [6, 6.07) is 16.2. The summed E-state index contributed by atoms with van der Waals surface area (Å²) in [6.45, 7) is 1.19. The van der Waals surface area contributed by atoms with Crippen molar-refractivity contribution >= 4 is 17.3 Å². The number of hydrogen-bond acceptors (Lipinski definition) is 3. The van der Waals surface area contributed by atoms with E-state index in [9.17, 15) is 4.39 Å². The number of benzene rings is 1. The minimum absolute atomic E-state index is 0.101. The van der Waals surface area contributed by atoms with E-state index in [1.807, 2.05) is 47.2 Å². The van der Waals surface area contributed by atoms with Gasteiger partial charge in [0, 0.05) is 37.4 Å². The summed E-state index contributed by atoms with van der Waals surface area (Å²) in [7, 11) is 1.67. The SMILES string of the molecule is COCCN1C(=S)N[C@@H](c2ccccn2)[C@H]1c1cccn1-c1cccc(F)c1. The molecule has 0 spiro atoms. The number of pyridine rings is 1. The van der Waals surface area contributed by atoms with Gasteiger partial charge in [0.1, 0.15) is 5.82 Å². The Bertz CT molecular complexity index is 962. The van der Waals surface area contributed by atoms with Gasteiger partial charge in [-0.2, -0.15) is 0 Å². The molecule has 1 aromatic carbocycles. The maximum Gasteiger partial charge on any atom is 0.170 e. The maximum absolute atomic E-state index is 13.8. The predicted molar refractivity (Wildman–Crippen MR) is 110 cm³/mol. The van der Waals surface area contributed by atoms with Gasteiger partial charge in [-0.25, -0.2) is 4.39 Å². The highest BCUT2D eigenvalue weighted by molar-refractivity contribution is 7.80. The van der Waals surface area contributed by atoms with E-state index in [4.69, 9.17) is 17.0 Å². The van der Waals surface area contributed by atoms with E-state index in [1.54, 1.807) is 19.4 Å². The lowest BCUT2D eigenvalue weighted by atomic mass is 10.0. The van der Waals surface area contributed by atoms with Gasteiger partial charge in [-0.1, -0.05) is 12.1 Å². The number of halogens is 1. The van der Waals surface area contributed by atoms with Crippen molar-refractivity contribution in [3.8, 4) is 5.69 Å². The zero-order valence-electron chi connectivity index (χ0n) is 15.5. The summed E-state index contributed by atoms with van der Waals surface area (Å²) >= 11 is 5.62. The van der Waals surface area contributed by atoms with E-state index < -0.39 is 0 Å². The van der Waals surface area contributed by atoms with Gasteiger partial charge in [-0.05, 0) is 54.7 Å². The van der Waals surface area contributed by atoms with Crippen molar-refractivity contribution in [1.82, 2.24) is 19.8 Å². The van der Waals surface area contributed by atoms with Crippen molar-refractivity contribution in [3.05, 3.63) is 84.2 Å². The zero-order chi connectivity index (χ0) is 19.5. The molecular formula is C21H21FN4OS. The number of ether oxygens (including phenoxy) is 1. The van der Waals surface area contributed by atoms with Crippen LogP contribution >= 0.6 is 12.2 Å². The van der Waals surface area contributed by atoms with E-state index >= 15 is 0 Å². The van der Waals surface area contributed by atoms with Gasteiger partial charge in [0.25, 0.3) is 0 Å². The Balaban J connectivity index is 1.79. The summed E-state index contributed by atoms with van der Waals surface area (Å²) in [4.78, 5) is 6.65. The summed E-state index contributed by atoms with van der Waals surface area (Å²) in [5.74, 6) is -0.269. The lowest BCUT2D eigenvalue weighted by Crippen LogP contribution is -2.33. The second-order valence-electron chi connectivity index (χ2n) is 6.60. The summed E-state index contributed by atoms with van der Waals surface area (Å²) in [5, 5.41) is 4.07. The number of hydrogen-bond donors (Lipinski definition) is 1. The standard InChI is InChI=1S/C21H21FN4OS/c1-27-13-12-26-20(19(24-21(26)28)17-8-2-3-10-23-17)18-9-5-11-25(18)16-7-4-6-15(22)14-16/h2-11,14,19-20H,12-13H2,1H3,(H,24,28)/t19-,20+/m0/s1. The Kier molecular flexibility index (Phi) is 5.36. The quantitative estimate of drug-likeness (QED) is 0.645. The van der Waals surface area contributed by atoms with Gasteiger partial charge in [-0.3, -0.25) is 4.98 Å². The molecular weight excluding hydrogens is 375 g/mol. The maximum atomic E-state index is 13.8. The lowest BCUT2D eigenvalue weighted by Gasteiger charge is -2.28. The molecule has 28 heavy (non-hydrogen) atoms. The van der Waals surface area contributed by atoms with E-state index in [1.165, 1.54) is 12.1 Å². The van der Waals surface area contributed by atoms with Crippen LogP contribution < -0.4 is 5.32 Å². The van der Waals surface area contributed by atoms with E-state index in [0.29, 0.717) is 18.3 Å². The number of methoxy groups -OCH3 is 1. The van der Waals surface area contributed by atoms with Crippen LogP contribution in [0.25, 0.3) is 5.69 Å². The van der Waals surface area contributed by atoms with Crippen LogP contribution in [0.1, 0.15) is 23.5 Å². The summed E-state index contributed by atoms with van der Waals surface area (Å²) < 4.78 is 21.1. The van der Waals surface area contributed by atoms with E-state index in [0.717, 1.165) is 17.1 Å². The third-order valence-electron chi connectivity index (χ3n) is 4.90. The van der Waals surface area contributed by atoms with Crippen LogP contribution in [0.5, 0.6) is 0 Å². The van der Waals surface area contributed by atoms with Gasteiger partial charge >= 0.3 is 0 Å². The smallest absolute Gasteiger partial charge is 0.170 e. The largest absolute Gasteiger partial charge is 0.383 e. The topological polar surface area (TPSA) is 42.3 Å². The van der Waals surface area contributed by atoms with Gasteiger partial charge in [0.2, 0.25) is 0 Å². The molecule has 1 aliphatic rings. The molecule has 5 nitrogen and oxygen atoms in total. The van der Waals surface area contributed by atoms with Crippen LogP contribution in [0, 0.1) is 5.82 Å². The molecule has 3 heterocycles. The third kappa shape index (κ3) is 3.50. The predicted octanol–water partition coefficient (Wildman–Crippen LogP) is 3.63. The van der Waals surface area contributed by atoms with Crippen LogP contribution in [0.15, 0.2) is 67.0 Å². The Morgan fingerprint density at radius 2 is 2.07 bits per heavy atom. The van der Waals surface area contributed by atoms with E-state index in [2.05, 4.69) is 15.2 Å². The second-order valence-corrected chi connectivity index (χ2v) is 6.98. The van der Waals surface area contributed by atoms with E-state index in [-0.39, 0.29) is 17.9 Å². The molecule has 7 heteroatoms. The summed E-state index contributed by atoms with van der Waals surface area (Å²) in [5.41, 5.74) is 2.68. The first-order valence-electron chi connectivity index (χ1n) is 9.09. The van der Waals surface area contributed by atoms with Gasteiger partial charge in [-0.15, -0.1) is 0 Å². The Morgan fingerprint density at radius 3 is 2.82 bits per heavy atom. The molecule has 1 saturated heterocycles. The monoisotopic (exact) mass is 396 g/mol. The van der Waals surface area contributed by atoms with Gasteiger partial charge < -0.3 is 19.5 Å². The highest BCUT2D eigenvalue weighted by Crippen LogP contribution is 2.39. The number of nitrogens with one attached hydrogen (secondary N) is 1. The average molecular weight is 396 g/mol. The van der Waals surface area contributed by atoms with Crippen LogP contribution in [0.4, 0.5) is 4.39 Å². The average Bonchev–Trinajstić information content (AvgIpc) is 3.31. The fourth-order valence-corrected chi connectivity index (χ4v) is 3.99. The number of thiocarbonyl (C=S) groups is 1. The molecule has 3 aromatic rings. The zero-order valence-corrected chi connectivity index (χ0v) is 16.3. The van der Waals surface area contributed by atoms with Crippen molar-refractivity contribution in [2.45, 2.75) is 12.1 Å². The van der Waals surface area contributed by atoms with Crippen LogP contribution in [-0.2, 0) is 4.74 Å². The minimum Gasteiger partial charge on any atom is -0.383 e. The number of nitrogens with zero attached hydrogens (tertiary/aromatic N) is 3. The minimum atomic E-state index is -0.269. The Hall–Kier alpha value is -2.77. The molecule has 2 aromatic heterocycles. The first kappa shape index (κ1) is 18.6. The highest BCUT2D eigenvalue weighted by Gasteiger charge is 2.41. The Labute approximate surface area is 168 Å². The molecule has 4 rings (SSSR count). The number of rotatable bonds is 6. The molecule has 0 unspecified atom stereocenters. The Morgan fingerprint density at radius 1 is 1.18 bits per heavy atom. The molecule has 2 atom stereocenters. The van der Waals surface area contributed by atoms with Crippen LogP contribution in [-0.4, -0.2) is 39.8 Å². The first-order valence-corrected chi connectivity index (χ1v) is 9.50. The lowest BCUT2D eigenvalue weighted by molar-refractivity contribution is 0.163. The fraction of sp³-hybridized carbons (Fsp3) is 0.238. The van der Waals surface area contributed by atoms with Crippen molar-refractivity contribution in [1.29, 1.82) is 0 Å². The van der Waals surface area contributed by atoms with Crippen molar-refractivity contribution < 1.29 is 9.13 Å². The van der Waals surface area contributed by atoms with Gasteiger partial charge in [0.05, 0.1) is 24.4 Å². The second kappa shape index (κ2) is 8.08. The molecule has 0 saturated carbocycles. The van der Waals surface area contributed by atoms with Crippen LogP contribution in [0.2, 0.25) is 0 Å². The van der Waals surface area contributed by atoms with Crippen molar-refractivity contribution in [2.75, 3.05) is 20.3 Å². The molecule has 0 bridgehead atoms. The fourth-order valence-electron chi connectivity index (χ4n) is 3.65. The molecule has 1 fully saturated rings. The molecule has 1 N–H and O–H groups in total. The molecule has 0 radical (unpaired) electrons. The molecule has 1 aliphatic heterocycles. The number of aromatic nitrogens is 2. The summed E-state index contributed by atoms with van der Waals surface area (Å²) in [6.07, 6.45) is 3.72. The van der Waals surface area contributed by atoms with Gasteiger partial charge in [0.15, 0.2) is 5.11 Å². The van der Waals surface area contributed by atoms with Crippen molar-refractivity contribution in [3.63, 3.8) is 0 Å². The molecule has 0 amide bonds. The third-order valence-corrected chi connectivity index (χ3v) is 5.26. The normalized spacial score (nSPS) is 19.1. The van der Waals surface area contributed by atoms with Crippen LogP contribution in [0.3, 0.4) is 0 Å². The highest BCUT2D eigenvalue weighted by atomic mass is 32.1. The molecule has 144 valence electrons. The first-order chi connectivity index (χ1) is 13.7. The van der Waals surface area contributed by atoms with Crippen molar-refractivity contribution in [2.24, 2.45) is 0 Å².